The quantitative estimate of drug-likeness (QED) is 0.379. The van der Waals surface area contributed by atoms with E-state index in [1.165, 1.54) is 24.2 Å². The number of phenolic OH excluding ortho intramolecular Hbond substituents is 1. The van der Waals surface area contributed by atoms with Gasteiger partial charge in [0, 0.05) is 34.2 Å². The van der Waals surface area contributed by atoms with Crippen LogP contribution >= 0.6 is 0 Å². The van der Waals surface area contributed by atoms with Crippen LogP contribution in [-0.4, -0.2) is 46.5 Å². The lowest BCUT2D eigenvalue weighted by atomic mass is 9.59. The Kier molecular flexibility index (Phi) is 5.70. The number of Topliss-reactive ketones (excluding diaryl/α,β-unsaturated/α-hetero) is 1. The van der Waals surface area contributed by atoms with Crippen LogP contribution in [0.1, 0.15) is 63.4 Å². The summed E-state index contributed by atoms with van der Waals surface area (Å²) in [6.45, 7) is 1.63. The molecule has 1 saturated carbocycles. The van der Waals surface area contributed by atoms with Gasteiger partial charge in [-0.25, -0.2) is 0 Å². The van der Waals surface area contributed by atoms with Gasteiger partial charge in [-0.15, -0.1) is 0 Å². The van der Waals surface area contributed by atoms with Gasteiger partial charge in [-0.1, -0.05) is 30.9 Å². The van der Waals surface area contributed by atoms with Crippen molar-refractivity contribution in [1.29, 1.82) is 0 Å². The van der Waals surface area contributed by atoms with Gasteiger partial charge in [0.2, 0.25) is 11.8 Å². The lowest BCUT2D eigenvalue weighted by Crippen LogP contribution is -2.43. The summed E-state index contributed by atoms with van der Waals surface area (Å²) in [6.07, 6.45) is 8.84. The molecule has 7 nitrogen and oxygen atoms in total. The zero-order valence-electron chi connectivity index (χ0n) is 21.2. The minimum atomic E-state index is -0.683. The molecule has 0 radical (unpaired) electrons. The van der Waals surface area contributed by atoms with Crippen molar-refractivity contribution in [2.45, 2.75) is 63.8 Å². The number of rotatable bonds is 3. The van der Waals surface area contributed by atoms with E-state index in [-0.39, 0.29) is 47.5 Å². The molecular formula is C30H31NO6. The van der Waals surface area contributed by atoms with Crippen LogP contribution in [0.4, 0.5) is 0 Å². The number of nitrogens with zero attached hydrogens (tertiary/aromatic N) is 1. The largest absolute Gasteiger partial charge is 0.508 e. The summed E-state index contributed by atoms with van der Waals surface area (Å²) >= 11 is 0. The first-order valence-electron chi connectivity index (χ1n) is 13.3. The van der Waals surface area contributed by atoms with Crippen molar-refractivity contribution in [3.05, 3.63) is 58.2 Å². The van der Waals surface area contributed by atoms with E-state index in [0.717, 1.165) is 37.7 Å². The number of aromatic hydroxyl groups is 1. The molecule has 1 heterocycles. The maximum Gasteiger partial charge on any atom is 0.233 e. The number of allylic oxidation sites excluding steroid dienone is 6. The number of hydrogen-bond donors (Lipinski definition) is 1. The monoisotopic (exact) mass is 501 g/mol. The Labute approximate surface area is 215 Å². The van der Waals surface area contributed by atoms with Crippen molar-refractivity contribution >= 4 is 23.4 Å². The van der Waals surface area contributed by atoms with Gasteiger partial charge in [0.15, 0.2) is 11.6 Å². The van der Waals surface area contributed by atoms with E-state index < -0.39 is 17.8 Å². The van der Waals surface area contributed by atoms with Gasteiger partial charge in [-0.2, -0.15) is 0 Å². The molecule has 6 rings (SSSR count). The molecule has 1 aromatic rings. The molecule has 192 valence electrons. The molecule has 2 amide bonds. The average Bonchev–Trinajstić information content (AvgIpc) is 3.16. The van der Waals surface area contributed by atoms with Gasteiger partial charge in [-0.05, 0) is 62.8 Å². The molecule has 2 fully saturated rings. The summed E-state index contributed by atoms with van der Waals surface area (Å²) in [5.74, 6) is -2.27. The molecule has 1 saturated heterocycles. The zero-order valence-corrected chi connectivity index (χ0v) is 21.2. The van der Waals surface area contributed by atoms with E-state index in [2.05, 4.69) is 0 Å². The van der Waals surface area contributed by atoms with Gasteiger partial charge in [0.1, 0.15) is 11.5 Å². The minimum absolute atomic E-state index is 0.00879. The molecule has 1 aliphatic heterocycles. The molecule has 0 bridgehead atoms. The van der Waals surface area contributed by atoms with Crippen molar-refractivity contribution in [2.75, 3.05) is 7.11 Å². The number of ether oxygens (including phenoxy) is 1. The van der Waals surface area contributed by atoms with Gasteiger partial charge in [0.25, 0.3) is 0 Å². The number of carbonyl (C=O) groups is 4. The van der Waals surface area contributed by atoms with Crippen molar-refractivity contribution in [3.8, 4) is 11.5 Å². The molecule has 4 atom stereocenters. The Balaban J connectivity index is 1.48. The number of methoxy groups -OCH3 is 1. The molecular weight excluding hydrogens is 470 g/mol. The van der Waals surface area contributed by atoms with Crippen LogP contribution in [0.2, 0.25) is 0 Å². The van der Waals surface area contributed by atoms with E-state index in [9.17, 15) is 24.3 Å². The molecule has 4 unspecified atom stereocenters. The molecule has 37 heavy (non-hydrogen) atoms. The third-order valence-corrected chi connectivity index (χ3v) is 9.08. The van der Waals surface area contributed by atoms with Crippen LogP contribution < -0.4 is 4.74 Å². The highest BCUT2D eigenvalue weighted by Crippen LogP contribution is 2.56. The first-order valence-corrected chi connectivity index (χ1v) is 13.3. The minimum Gasteiger partial charge on any atom is -0.508 e. The second-order valence-electron chi connectivity index (χ2n) is 11.0. The SMILES string of the molecule is COc1ccc(O)c(C2C3=CCC4C(=O)N(C5CCCCC5)C(=O)C4C3CC3=C2C(=O)C=C(C)C3=O)c1. The smallest absolute Gasteiger partial charge is 0.233 e. The number of phenols is 1. The summed E-state index contributed by atoms with van der Waals surface area (Å²) in [5, 5.41) is 10.9. The van der Waals surface area contributed by atoms with Gasteiger partial charge in [0.05, 0.1) is 18.9 Å². The fraction of sp³-hybridized carbons (Fsp3) is 0.467. The maximum absolute atomic E-state index is 13.9. The van der Waals surface area contributed by atoms with Gasteiger partial charge in [-0.3, -0.25) is 24.1 Å². The molecule has 4 aliphatic carbocycles. The predicted octanol–water partition coefficient (Wildman–Crippen LogP) is 4.16. The normalized spacial score (nSPS) is 30.1. The fourth-order valence-corrected chi connectivity index (χ4v) is 7.35. The van der Waals surface area contributed by atoms with Crippen molar-refractivity contribution in [2.24, 2.45) is 17.8 Å². The van der Waals surface area contributed by atoms with Crippen molar-refractivity contribution < 1.29 is 29.0 Å². The number of benzene rings is 1. The highest BCUT2D eigenvalue weighted by atomic mass is 16.5. The third-order valence-electron chi connectivity index (χ3n) is 9.08. The first kappa shape index (κ1) is 23.9. The van der Waals surface area contributed by atoms with Gasteiger partial charge < -0.3 is 9.84 Å². The van der Waals surface area contributed by atoms with E-state index in [0.29, 0.717) is 34.5 Å². The summed E-state index contributed by atoms with van der Waals surface area (Å²) in [6, 6.07) is 4.80. The lowest BCUT2D eigenvalue weighted by Gasteiger charge is -2.42. The second-order valence-corrected chi connectivity index (χ2v) is 11.0. The Morgan fingerprint density at radius 1 is 1.00 bits per heavy atom. The molecule has 5 aliphatic rings. The fourth-order valence-electron chi connectivity index (χ4n) is 7.35. The van der Waals surface area contributed by atoms with Gasteiger partial charge >= 0.3 is 0 Å². The maximum atomic E-state index is 13.9. The van der Waals surface area contributed by atoms with Crippen LogP contribution in [0.25, 0.3) is 0 Å². The Hall–Kier alpha value is -3.48. The molecule has 1 aromatic carbocycles. The summed E-state index contributed by atoms with van der Waals surface area (Å²) in [7, 11) is 1.53. The van der Waals surface area contributed by atoms with E-state index >= 15 is 0 Å². The number of amides is 2. The Morgan fingerprint density at radius 3 is 2.49 bits per heavy atom. The lowest BCUT2D eigenvalue weighted by molar-refractivity contribution is -0.143. The number of carbonyl (C=O) groups excluding carboxylic acids is 4. The van der Waals surface area contributed by atoms with Crippen LogP contribution in [0.5, 0.6) is 11.5 Å². The second kappa shape index (κ2) is 8.82. The number of ketones is 2. The molecule has 7 heteroatoms. The molecule has 1 N–H and O–H groups in total. The van der Waals surface area contributed by atoms with Crippen LogP contribution in [-0.2, 0) is 19.2 Å². The van der Waals surface area contributed by atoms with Crippen molar-refractivity contribution in [1.82, 2.24) is 4.90 Å². The molecule has 0 aromatic heterocycles. The van der Waals surface area contributed by atoms with Crippen LogP contribution in [0, 0.1) is 17.8 Å². The number of fused-ring (bicyclic) bond motifs is 3. The van der Waals surface area contributed by atoms with E-state index in [1.807, 2.05) is 6.08 Å². The van der Waals surface area contributed by atoms with E-state index in [4.69, 9.17) is 4.74 Å². The highest BCUT2D eigenvalue weighted by molar-refractivity contribution is 6.23. The topological polar surface area (TPSA) is 101 Å². The summed E-state index contributed by atoms with van der Waals surface area (Å²) < 4.78 is 5.40. The predicted molar refractivity (Wildman–Crippen MR) is 135 cm³/mol. The van der Waals surface area contributed by atoms with Crippen LogP contribution in [0.15, 0.2) is 52.6 Å². The van der Waals surface area contributed by atoms with Crippen molar-refractivity contribution in [3.63, 3.8) is 0 Å². The third kappa shape index (κ3) is 3.54. The van der Waals surface area contributed by atoms with Crippen LogP contribution in [0.3, 0.4) is 0 Å². The number of likely N-dealkylation sites (tertiary alicyclic amines) is 1. The zero-order chi connectivity index (χ0) is 26.0. The summed E-state index contributed by atoms with van der Waals surface area (Å²) in [5.41, 5.74) is 2.44. The molecule has 0 spiro atoms. The Morgan fingerprint density at radius 2 is 1.76 bits per heavy atom. The highest BCUT2D eigenvalue weighted by Gasteiger charge is 2.57. The number of hydrogen-bond acceptors (Lipinski definition) is 6. The Bertz CT molecular complexity index is 1330. The summed E-state index contributed by atoms with van der Waals surface area (Å²) in [4.78, 5) is 55.7. The standard InChI is InChI=1S/C30H31NO6/c1-15-12-24(33)27-22(28(15)34)14-20-18(25(27)21-13-17(37-2)8-11-23(21)32)9-10-19-26(20)30(36)31(29(19)35)16-6-4-3-5-7-16/h8-9,11-13,16,19-20,25-26,32H,3-7,10,14H2,1-2H3. The first-order chi connectivity index (χ1) is 17.8. The number of imide groups is 1. The average molecular weight is 502 g/mol. The van der Waals surface area contributed by atoms with E-state index in [1.54, 1.807) is 19.1 Å².